The van der Waals surface area contributed by atoms with Gasteiger partial charge in [0.05, 0.1) is 0 Å². The van der Waals surface area contributed by atoms with Gasteiger partial charge in [-0.15, -0.1) is 0 Å². The lowest BCUT2D eigenvalue weighted by molar-refractivity contribution is 0.592. The zero-order valence-corrected chi connectivity index (χ0v) is 12.6. The Labute approximate surface area is 121 Å². The van der Waals surface area contributed by atoms with Crippen molar-refractivity contribution in [3.8, 4) is 11.1 Å². The van der Waals surface area contributed by atoms with Crippen molar-refractivity contribution in [3.63, 3.8) is 0 Å². The van der Waals surface area contributed by atoms with Crippen molar-refractivity contribution in [2.24, 2.45) is 5.73 Å². The van der Waals surface area contributed by atoms with E-state index in [9.17, 15) is 0 Å². The fourth-order valence-corrected chi connectivity index (χ4v) is 2.49. The molecule has 0 radical (unpaired) electrons. The molecule has 0 aliphatic heterocycles. The summed E-state index contributed by atoms with van der Waals surface area (Å²) in [7, 11) is 0. The molecule has 0 aromatic heterocycles. The standard InChI is InChI=1S/C18H22N2/c1-12-9-10-14(17(19)20)15(11-12)13-7-5-6-8-16(13)18(2,3)4/h5-11H,1-4H3,(H3,19,20). The van der Waals surface area contributed by atoms with Gasteiger partial charge < -0.3 is 5.73 Å². The van der Waals surface area contributed by atoms with Crippen molar-refractivity contribution in [2.45, 2.75) is 33.1 Å². The summed E-state index contributed by atoms with van der Waals surface area (Å²) in [6.07, 6.45) is 0. The van der Waals surface area contributed by atoms with Crippen molar-refractivity contribution in [3.05, 3.63) is 59.2 Å². The van der Waals surface area contributed by atoms with Gasteiger partial charge in [-0.25, -0.2) is 0 Å². The van der Waals surface area contributed by atoms with Crippen LogP contribution in [-0.4, -0.2) is 5.84 Å². The van der Waals surface area contributed by atoms with Crippen LogP contribution in [0.4, 0.5) is 0 Å². The second-order valence-corrected chi connectivity index (χ2v) is 6.26. The van der Waals surface area contributed by atoms with E-state index >= 15 is 0 Å². The molecule has 0 heterocycles. The van der Waals surface area contributed by atoms with Gasteiger partial charge in [-0.1, -0.05) is 68.8 Å². The Kier molecular flexibility index (Phi) is 3.67. The molecule has 2 aromatic rings. The van der Waals surface area contributed by atoms with E-state index in [1.54, 1.807) is 0 Å². The summed E-state index contributed by atoms with van der Waals surface area (Å²) in [6.45, 7) is 8.67. The van der Waals surface area contributed by atoms with E-state index in [2.05, 4.69) is 52.0 Å². The lowest BCUT2D eigenvalue weighted by atomic mass is 9.80. The van der Waals surface area contributed by atoms with Crippen molar-refractivity contribution in [1.82, 2.24) is 0 Å². The first kappa shape index (κ1) is 14.3. The smallest absolute Gasteiger partial charge is 0.123 e. The van der Waals surface area contributed by atoms with Crippen molar-refractivity contribution in [2.75, 3.05) is 0 Å². The Morgan fingerprint density at radius 2 is 1.65 bits per heavy atom. The Morgan fingerprint density at radius 3 is 2.25 bits per heavy atom. The van der Waals surface area contributed by atoms with E-state index < -0.39 is 0 Å². The number of nitrogens with two attached hydrogens (primary N) is 1. The summed E-state index contributed by atoms with van der Waals surface area (Å²) in [4.78, 5) is 0. The monoisotopic (exact) mass is 266 g/mol. The molecule has 104 valence electrons. The number of hydrogen-bond acceptors (Lipinski definition) is 1. The minimum absolute atomic E-state index is 0.0500. The molecule has 0 fully saturated rings. The minimum atomic E-state index is 0.0500. The summed E-state index contributed by atoms with van der Waals surface area (Å²) in [5.41, 5.74) is 11.2. The van der Waals surface area contributed by atoms with E-state index in [0.717, 1.165) is 16.7 Å². The van der Waals surface area contributed by atoms with Crippen molar-refractivity contribution in [1.29, 1.82) is 5.41 Å². The predicted molar refractivity (Wildman–Crippen MR) is 86.3 cm³/mol. The van der Waals surface area contributed by atoms with Crippen LogP contribution in [0.1, 0.15) is 37.5 Å². The number of nitrogens with one attached hydrogen (secondary N) is 1. The van der Waals surface area contributed by atoms with Crippen LogP contribution >= 0.6 is 0 Å². The first-order chi connectivity index (χ1) is 9.30. The second kappa shape index (κ2) is 5.12. The number of nitrogen functional groups attached to an aromatic ring is 1. The summed E-state index contributed by atoms with van der Waals surface area (Å²) in [5.74, 6) is 0.115. The Balaban J connectivity index is 2.75. The van der Waals surface area contributed by atoms with Gasteiger partial charge in [-0.05, 0) is 29.0 Å². The van der Waals surface area contributed by atoms with Crippen molar-refractivity contribution < 1.29 is 0 Å². The van der Waals surface area contributed by atoms with Crippen LogP contribution in [-0.2, 0) is 5.41 Å². The molecular formula is C18H22N2. The number of aryl methyl sites for hydroxylation is 1. The van der Waals surface area contributed by atoms with Gasteiger partial charge in [-0.3, -0.25) is 5.41 Å². The molecule has 0 bridgehead atoms. The predicted octanol–water partition coefficient (Wildman–Crippen LogP) is 4.24. The van der Waals surface area contributed by atoms with E-state index in [1.165, 1.54) is 11.1 Å². The van der Waals surface area contributed by atoms with Crippen LogP contribution in [0.3, 0.4) is 0 Å². The average Bonchev–Trinajstić information content (AvgIpc) is 2.37. The minimum Gasteiger partial charge on any atom is -0.384 e. The summed E-state index contributed by atoms with van der Waals surface area (Å²) in [5, 5.41) is 7.80. The molecule has 0 unspecified atom stereocenters. The van der Waals surface area contributed by atoms with Gasteiger partial charge in [0.1, 0.15) is 5.84 Å². The first-order valence-corrected chi connectivity index (χ1v) is 6.85. The topological polar surface area (TPSA) is 49.9 Å². The van der Waals surface area contributed by atoms with Gasteiger partial charge in [0.25, 0.3) is 0 Å². The second-order valence-electron chi connectivity index (χ2n) is 6.26. The molecule has 0 atom stereocenters. The highest BCUT2D eigenvalue weighted by molar-refractivity contribution is 6.02. The quantitative estimate of drug-likeness (QED) is 0.620. The molecule has 0 saturated heterocycles. The van der Waals surface area contributed by atoms with Crippen LogP contribution in [0.2, 0.25) is 0 Å². The fourth-order valence-electron chi connectivity index (χ4n) is 2.49. The zero-order valence-electron chi connectivity index (χ0n) is 12.6. The molecular weight excluding hydrogens is 244 g/mol. The maximum absolute atomic E-state index is 7.80. The van der Waals surface area contributed by atoms with E-state index in [0.29, 0.717) is 0 Å². The highest BCUT2D eigenvalue weighted by Gasteiger charge is 2.20. The molecule has 2 aromatic carbocycles. The van der Waals surface area contributed by atoms with Gasteiger partial charge in [0.15, 0.2) is 0 Å². The summed E-state index contributed by atoms with van der Waals surface area (Å²) < 4.78 is 0. The maximum Gasteiger partial charge on any atom is 0.123 e. The SMILES string of the molecule is Cc1ccc(C(=N)N)c(-c2ccccc2C(C)(C)C)c1. The van der Waals surface area contributed by atoms with Gasteiger partial charge in [0, 0.05) is 5.56 Å². The molecule has 0 saturated carbocycles. The summed E-state index contributed by atoms with van der Waals surface area (Å²) in [6, 6.07) is 14.4. The number of rotatable bonds is 2. The highest BCUT2D eigenvalue weighted by Crippen LogP contribution is 2.34. The molecule has 2 nitrogen and oxygen atoms in total. The molecule has 0 spiro atoms. The first-order valence-electron chi connectivity index (χ1n) is 6.85. The van der Waals surface area contributed by atoms with Gasteiger partial charge in [-0.2, -0.15) is 0 Å². The van der Waals surface area contributed by atoms with E-state index in [1.807, 2.05) is 18.2 Å². The van der Waals surface area contributed by atoms with E-state index in [-0.39, 0.29) is 11.3 Å². The van der Waals surface area contributed by atoms with Gasteiger partial charge in [0.2, 0.25) is 0 Å². The van der Waals surface area contributed by atoms with Crippen LogP contribution in [0.15, 0.2) is 42.5 Å². The molecule has 0 aliphatic rings. The zero-order chi connectivity index (χ0) is 14.9. The number of benzene rings is 2. The molecule has 0 amide bonds. The van der Waals surface area contributed by atoms with Gasteiger partial charge >= 0.3 is 0 Å². The number of hydrogen-bond donors (Lipinski definition) is 2. The molecule has 2 heteroatoms. The Bertz CT molecular complexity index is 649. The third-order valence-electron chi connectivity index (χ3n) is 3.49. The van der Waals surface area contributed by atoms with E-state index in [4.69, 9.17) is 11.1 Å². The summed E-state index contributed by atoms with van der Waals surface area (Å²) >= 11 is 0. The third-order valence-corrected chi connectivity index (χ3v) is 3.49. The highest BCUT2D eigenvalue weighted by atomic mass is 14.7. The average molecular weight is 266 g/mol. The number of amidine groups is 1. The normalized spacial score (nSPS) is 11.4. The Hall–Kier alpha value is -2.09. The van der Waals surface area contributed by atoms with Crippen LogP contribution in [0.5, 0.6) is 0 Å². The third kappa shape index (κ3) is 2.74. The largest absolute Gasteiger partial charge is 0.384 e. The van der Waals surface area contributed by atoms with Crippen LogP contribution in [0.25, 0.3) is 11.1 Å². The lowest BCUT2D eigenvalue weighted by Crippen LogP contribution is -2.16. The Morgan fingerprint density at radius 1 is 1.00 bits per heavy atom. The molecule has 0 aliphatic carbocycles. The van der Waals surface area contributed by atoms with Crippen LogP contribution < -0.4 is 5.73 Å². The van der Waals surface area contributed by atoms with Crippen molar-refractivity contribution >= 4 is 5.84 Å². The fraction of sp³-hybridized carbons (Fsp3) is 0.278. The molecule has 20 heavy (non-hydrogen) atoms. The molecule has 2 rings (SSSR count). The molecule has 3 N–H and O–H groups in total. The maximum atomic E-state index is 7.80. The van der Waals surface area contributed by atoms with Crippen LogP contribution in [0, 0.1) is 12.3 Å². The lowest BCUT2D eigenvalue weighted by Gasteiger charge is -2.24.